The van der Waals surface area contributed by atoms with Crippen LogP contribution in [0, 0.1) is 0 Å². The monoisotopic (exact) mass is 456 g/mol. The van der Waals surface area contributed by atoms with Gasteiger partial charge in [0.05, 0.1) is 22.4 Å². The number of halogens is 3. The van der Waals surface area contributed by atoms with Gasteiger partial charge in [0.1, 0.15) is 0 Å². The van der Waals surface area contributed by atoms with Crippen LogP contribution >= 0.6 is 11.8 Å². The number of hydrogen-bond acceptors (Lipinski definition) is 7. The van der Waals surface area contributed by atoms with Crippen LogP contribution in [0.2, 0.25) is 0 Å². The van der Waals surface area contributed by atoms with E-state index in [0.29, 0.717) is 16.4 Å². The Bertz CT molecular complexity index is 1160. The number of sulfone groups is 1. The van der Waals surface area contributed by atoms with Crippen LogP contribution in [-0.2, 0) is 16.0 Å². The molecule has 1 N–H and O–H groups in total. The number of nitrogens with zero attached hydrogens (tertiary/aromatic N) is 4. The third-order valence-electron chi connectivity index (χ3n) is 3.94. The molecule has 7 nitrogen and oxygen atoms in total. The SMILES string of the molecule is CS(=O)(=O)c1ccc(-n2nc(SC/C=N/O)nc2-c2ccc(C(F)(F)F)cc2)cc1. The molecule has 3 rings (SSSR count). The van der Waals surface area contributed by atoms with E-state index in [4.69, 9.17) is 5.21 Å². The van der Waals surface area contributed by atoms with Crippen molar-refractivity contribution >= 4 is 27.8 Å². The Morgan fingerprint density at radius 1 is 1.13 bits per heavy atom. The van der Waals surface area contributed by atoms with Crippen molar-refractivity contribution in [2.45, 2.75) is 16.2 Å². The summed E-state index contributed by atoms with van der Waals surface area (Å²) in [6.45, 7) is 0. The number of alkyl halides is 3. The highest BCUT2D eigenvalue weighted by atomic mass is 32.2. The van der Waals surface area contributed by atoms with E-state index in [2.05, 4.69) is 15.2 Å². The maximum Gasteiger partial charge on any atom is 0.416 e. The highest BCUT2D eigenvalue weighted by Crippen LogP contribution is 2.31. The fourth-order valence-electron chi connectivity index (χ4n) is 2.51. The number of oxime groups is 1. The number of hydrogen-bond donors (Lipinski definition) is 1. The summed E-state index contributed by atoms with van der Waals surface area (Å²) in [6, 6.07) is 10.4. The topological polar surface area (TPSA) is 97.4 Å². The first kappa shape index (κ1) is 21.8. The summed E-state index contributed by atoms with van der Waals surface area (Å²) in [5, 5.41) is 16.1. The van der Waals surface area contributed by atoms with Crippen molar-refractivity contribution in [2.24, 2.45) is 5.16 Å². The Morgan fingerprint density at radius 3 is 2.30 bits per heavy atom. The average molecular weight is 456 g/mol. The van der Waals surface area contributed by atoms with Gasteiger partial charge in [-0.1, -0.05) is 23.9 Å². The van der Waals surface area contributed by atoms with E-state index in [9.17, 15) is 21.6 Å². The standard InChI is InChI=1S/C18H15F3N4O3S2/c1-30(27,28)15-8-6-14(7-9-15)25-16(23-17(24-25)29-11-10-22-26)12-2-4-13(5-3-12)18(19,20)21/h2-10,26H,11H2,1H3/b22-10+. The normalized spacial score (nSPS) is 12.5. The Kier molecular flexibility index (Phi) is 6.17. The molecular formula is C18H15F3N4O3S2. The molecule has 3 aromatic rings. The molecule has 0 bridgehead atoms. The van der Waals surface area contributed by atoms with Crippen LogP contribution in [0.25, 0.3) is 17.1 Å². The second-order valence-corrected chi connectivity index (χ2v) is 9.08. The molecule has 0 spiro atoms. The molecule has 0 radical (unpaired) electrons. The minimum atomic E-state index is -4.46. The first-order valence-corrected chi connectivity index (χ1v) is 11.2. The molecule has 1 heterocycles. The maximum absolute atomic E-state index is 12.9. The predicted octanol–water partition coefficient (Wildman–Crippen LogP) is 3.91. The third kappa shape index (κ3) is 5.00. The van der Waals surface area contributed by atoms with Crippen molar-refractivity contribution in [3.8, 4) is 17.1 Å². The Morgan fingerprint density at radius 2 is 1.77 bits per heavy atom. The second-order valence-electron chi connectivity index (χ2n) is 6.08. The van der Waals surface area contributed by atoms with Crippen LogP contribution in [0.4, 0.5) is 13.2 Å². The molecule has 0 saturated heterocycles. The van der Waals surface area contributed by atoms with Crippen molar-refractivity contribution in [3.05, 3.63) is 54.1 Å². The summed E-state index contributed by atoms with van der Waals surface area (Å²) in [6.07, 6.45) is -2.13. The summed E-state index contributed by atoms with van der Waals surface area (Å²) in [5.41, 5.74) is 0.0846. The fourth-order valence-corrected chi connectivity index (χ4v) is 3.72. The van der Waals surface area contributed by atoms with Crippen molar-refractivity contribution in [1.29, 1.82) is 0 Å². The van der Waals surface area contributed by atoms with E-state index in [1.54, 1.807) is 0 Å². The molecule has 0 aliphatic carbocycles. The van der Waals surface area contributed by atoms with Crippen LogP contribution in [0.1, 0.15) is 5.56 Å². The first-order chi connectivity index (χ1) is 14.1. The van der Waals surface area contributed by atoms with Crippen LogP contribution in [0.5, 0.6) is 0 Å². The minimum absolute atomic E-state index is 0.121. The van der Waals surface area contributed by atoms with Crippen molar-refractivity contribution in [1.82, 2.24) is 14.8 Å². The molecule has 12 heteroatoms. The molecule has 1 aromatic heterocycles. The first-order valence-electron chi connectivity index (χ1n) is 8.33. The van der Waals surface area contributed by atoms with Gasteiger partial charge >= 0.3 is 6.18 Å². The lowest BCUT2D eigenvalue weighted by Gasteiger charge is -2.09. The Labute approximate surface area is 174 Å². The highest BCUT2D eigenvalue weighted by molar-refractivity contribution is 7.99. The van der Waals surface area contributed by atoms with Crippen molar-refractivity contribution < 1.29 is 26.8 Å². The fraction of sp³-hybridized carbons (Fsp3) is 0.167. The summed E-state index contributed by atoms with van der Waals surface area (Å²) in [5.74, 6) is 0.555. The zero-order valence-electron chi connectivity index (χ0n) is 15.4. The van der Waals surface area contributed by atoms with Gasteiger partial charge in [-0.15, -0.1) is 10.3 Å². The van der Waals surface area contributed by atoms with Gasteiger partial charge in [0.25, 0.3) is 0 Å². The van der Waals surface area contributed by atoms with E-state index in [-0.39, 0.29) is 16.5 Å². The molecule has 30 heavy (non-hydrogen) atoms. The highest BCUT2D eigenvalue weighted by Gasteiger charge is 2.30. The van der Waals surface area contributed by atoms with Crippen LogP contribution < -0.4 is 0 Å². The zero-order valence-corrected chi connectivity index (χ0v) is 17.0. The molecule has 0 aliphatic rings. The number of thioether (sulfide) groups is 1. The lowest BCUT2D eigenvalue weighted by molar-refractivity contribution is -0.137. The maximum atomic E-state index is 12.9. The lowest BCUT2D eigenvalue weighted by Crippen LogP contribution is -2.05. The molecule has 0 saturated carbocycles. The van der Waals surface area contributed by atoms with E-state index < -0.39 is 21.6 Å². The van der Waals surface area contributed by atoms with Gasteiger partial charge in [-0.05, 0) is 36.4 Å². The van der Waals surface area contributed by atoms with Crippen LogP contribution in [-0.4, -0.2) is 46.6 Å². The summed E-state index contributed by atoms with van der Waals surface area (Å²) in [4.78, 5) is 4.49. The third-order valence-corrected chi connectivity index (χ3v) is 5.81. The summed E-state index contributed by atoms with van der Waals surface area (Å²) >= 11 is 1.16. The van der Waals surface area contributed by atoms with E-state index in [1.807, 2.05) is 0 Å². The summed E-state index contributed by atoms with van der Waals surface area (Å²) < 4.78 is 63.3. The van der Waals surface area contributed by atoms with Gasteiger partial charge in [0.2, 0.25) is 5.16 Å². The smallest absolute Gasteiger partial charge is 0.411 e. The molecular weight excluding hydrogens is 441 g/mol. The summed E-state index contributed by atoms with van der Waals surface area (Å²) in [7, 11) is -3.39. The quantitative estimate of drug-likeness (QED) is 0.261. The van der Waals surface area contributed by atoms with Gasteiger partial charge in [-0.3, -0.25) is 0 Å². The number of rotatable bonds is 6. The van der Waals surface area contributed by atoms with Gasteiger partial charge in [-0.2, -0.15) is 13.2 Å². The Hall–Kier alpha value is -2.86. The zero-order chi connectivity index (χ0) is 21.9. The molecule has 0 fully saturated rings. The van der Waals surface area contributed by atoms with E-state index in [1.165, 1.54) is 47.3 Å². The lowest BCUT2D eigenvalue weighted by atomic mass is 10.1. The number of aromatic nitrogens is 3. The molecule has 0 unspecified atom stereocenters. The minimum Gasteiger partial charge on any atom is -0.411 e. The molecule has 0 atom stereocenters. The van der Waals surface area contributed by atoms with Gasteiger partial charge in [0.15, 0.2) is 15.7 Å². The number of benzene rings is 2. The van der Waals surface area contributed by atoms with Crippen LogP contribution in [0.15, 0.2) is 63.7 Å². The van der Waals surface area contributed by atoms with E-state index >= 15 is 0 Å². The van der Waals surface area contributed by atoms with E-state index in [0.717, 1.165) is 30.2 Å². The largest absolute Gasteiger partial charge is 0.416 e. The van der Waals surface area contributed by atoms with Crippen molar-refractivity contribution in [2.75, 3.05) is 12.0 Å². The van der Waals surface area contributed by atoms with Gasteiger partial charge < -0.3 is 5.21 Å². The van der Waals surface area contributed by atoms with Crippen LogP contribution in [0.3, 0.4) is 0 Å². The molecule has 0 aliphatic heterocycles. The van der Waals surface area contributed by atoms with Gasteiger partial charge in [-0.25, -0.2) is 18.1 Å². The van der Waals surface area contributed by atoms with Crippen molar-refractivity contribution in [3.63, 3.8) is 0 Å². The molecule has 2 aromatic carbocycles. The Balaban J connectivity index is 2.05. The predicted molar refractivity (Wildman–Crippen MR) is 106 cm³/mol. The second kappa shape index (κ2) is 8.48. The average Bonchev–Trinajstić information content (AvgIpc) is 3.11. The molecule has 158 valence electrons. The molecule has 0 amide bonds. The van der Waals surface area contributed by atoms with Gasteiger partial charge in [0, 0.05) is 17.6 Å².